The molecule has 2 aliphatic rings. The Labute approximate surface area is 183 Å². The minimum absolute atomic E-state index is 0.111. The summed E-state index contributed by atoms with van der Waals surface area (Å²) in [6.07, 6.45) is 11.8. The van der Waals surface area contributed by atoms with Crippen LogP contribution in [0.5, 0.6) is 5.75 Å². The molecule has 31 heavy (non-hydrogen) atoms. The van der Waals surface area contributed by atoms with Crippen molar-refractivity contribution < 1.29 is 14.3 Å². The van der Waals surface area contributed by atoms with Crippen molar-refractivity contribution in [2.45, 2.75) is 57.8 Å². The number of Topliss-reactive ketones (excluding diaryl/α,β-unsaturated/α-hetero) is 1. The number of amides is 1. The highest BCUT2D eigenvalue weighted by molar-refractivity contribution is 5.86. The molecule has 1 saturated heterocycles. The number of aromatic nitrogens is 3. The number of hydrogen-bond acceptors (Lipinski definition) is 5. The molecule has 1 atom stereocenters. The van der Waals surface area contributed by atoms with Gasteiger partial charge in [-0.05, 0) is 43.9 Å². The van der Waals surface area contributed by atoms with Gasteiger partial charge in [-0.15, -0.1) is 0 Å². The molecule has 1 aliphatic heterocycles. The Bertz CT molecular complexity index is 844. The lowest BCUT2D eigenvalue weighted by Gasteiger charge is -2.33. The van der Waals surface area contributed by atoms with E-state index in [2.05, 4.69) is 15.2 Å². The Morgan fingerprint density at radius 2 is 1.94 bits per heavy atom. The number of hydrogen-bond donors (Lipinski definition) is 1. The maximum atomic E-state index is 12.7. The zero-order valence-electron chi connectivity index (χ0n) is 18.1. The van der Waals surface area contributed by atoms with E-state index in [-0.39, 0.29) is 17.6 Å². The molecule has 0 radical (unpaired) electrons. The van der Waals surface area contributed by atoms with Crippen LogP contribution in [-0.4, -0.2) is 51.5 Å². The van der Waals surface area contributed by atoms with Crippen molar-refractivity contribution in [2.24, 2.45) is 11.8 Å². The second-order valence-corrected chi connectivity index (χ2v) is 8.81. The van der Waals surface area contributed by atoms with Crippen molar-refractivity contribution in [1.29, 1.82) is 0 Å². The molecule has 1 amide bonds. The van der Waals surface area contributed by atoms with Gasteiger partial charge in [-0.25, -0.2) is 0 Å². The molecule has 0 bridgehead atoms. The zero-order valence-corrected chi connectivity index (χ0v) is 18.1. The summed E-state index contributed by atoms with van der Waals surface area (Å²) in [6, 6.07) is 5.69. The average molecular weight is 425 g/mol. The topological polar surface area (TPSA) is 88.2 Å². The summed E-state index contributed by atoms with van der Waals surface area (Å²) in [5.74, 6) is 1.62. The maximum absolute atomic E-state index is 12.7. The number of piperidine rings is 1. The van der Waals surface area contributed by atoms with Gasteiger partial charge in [0.2, 0.25) is 5.91 Å². The van der Waals surface area contributed by atoms with Gasteiger partial charge in [-0.2, -0.15) is 5.10 Å². The van der Waals surface area contributed by atoms with Gasteiger partial charge in [0.1, 0.15) is 11.5 Å². The highest BCUT2D eigenvalue weighted by Crippen LogP contribution is 2.26. The average Bonchev–Trinajstić information content (AvgIpc) is 3.37. The zero-order chi connectivity index (χ0) is 21.5. The van der Waals surface area contributed by atoms with Crippen molar-refractivity contribution >= 4 is 11.7 Å². The van der Waals surface area contributed by atoms with Gasteiger partial charge in [-0.1, -0.05) is 19.3 Å². The van der Waals surface area contributed by atoms with E-state index >= 15 is 0 Å². The molecule has 0 aromatic carbocycles. The summed E-state index contributed by atoms with van der Waals surface area (Å²) in [5.41, 5.74) is 1.69. The van der Waals surface area contributed by atoms with Crippen molar-refractivity contribution in [3.63, 3.8) is 0 Å². The molecule has 0 spiro atoms. The fourth-order valence-corrected chi connectivity index (χ4v) is 4.68. The van der Waals surface area contributed by atoms with Crippen LogP contribution in [0.25, 0.3) is 11.4 Å². The molecule has 166 valence electrons. The van der Waals surface area contributed by atoms with Gasteiger partial charge in [0.25, 0.3) is 0 Å². The lowest BCUT2D eigenvalue weighted by Crippen LogP contribution is -2.41. The minimum Gasteiger partial charge on any atom is -0.492 e. The van der Waals surface area contributed by atoms with Crippen LogP contribution in [0.15, 0.2) is 30.6 Å². The van der Waals surface area contributed by atoms with E-state index < -0.39 is 0 Å². The smallest absolute Gasteiger partial charge is 0.223 e. The first-order valence-electron chi connectivity index (χ1n) is 11.6. The number of pyridine rings is 1. The summed E-state index contributed by atoms with van der Waals surface area (Å²) in [6.45, 7) is 2.05. The van der Waals surface area contributed by atoms with Gasteiger partial charge in [-0.3, -0.25) is 19.7 Å². The third kappa shape index (κ3) is 5.93. The lowest BCUT2D eigenvalue weighted by molar-refractivity contribution is -0.135. The SMILES string of the molecule is O=C(CCC(=O)N1CCC[C@@H](COc2ccc(-c3ccn[nH]3)nc2)C1)C1CCCCC1. The summed E-state index contributed by atoms with van der Waals surface area (Å²) >= 11 is 0. The van der Waals surface area contributed by atoms with Gasteiger partial charge in [0.05, 0.1) is 24.2 Å². The van der Waals surface area contributed by atoms with E-state index in [0.717, 1.165) is 62.2 Å². The molecule has 2 aromatic heterocycles. The third-order valence-electron chi connectivity index (χ3n) is 6.52. The molecule has 1 N–H and O–H groups in total. The van der Waals surface area contributed by atoms with Crippen LogP contribution in [0, 0.1) is 11.8 Å². The van der Waals surface area contributed by atoms with Gasteiger partial charge >= 0.3 is 0 Å². The third-order valence-corrected chi connectivity index (χ3v) is 6.52. The highest BCUT2D eigenvalue weighted by atomic mass is 16.5. The van der Waals surface area contributed by atoms with Crippen LogP contribution in [0.1, 0.15) is 57.8 Å². The molecular formula is C24H32N4O3. The number of carbonyl (C=O) groups excluding carboxylic acids is 2. The molecule has 2 fully saturated rings. The molecule has 7 nitrogen and oxygen atoms in total. The van der Waals surface area contributed by atoms with Crippen LogP contribution in [0.4, 0.5) is 0 Å². The van der Waals surface area contributed by atoms with Crippen molar-refractivity contribution in [1.82, 2.24) is 20.1 Å². The highest BCUT2D eigenvalue weighted by Gasteiger charge is 2.26. The van der Waals surface area contributed by atoms with Gasteiger partial charge in [0, 0.05) is 44.0 Å². The number of H-pyrrole nitrogens is 1. The standard InChI is InChI=1S/C24H32N4O3/c29-23(19-6-2-1-3-7-19)10-11-24(30)28-14-4-5-18(16-28)17-31-20-8-9-21(25-15-20)22-12-13-26-27-22/h8-9,12-13,15,18-19H,1-7,10-11,14,16-17H2,(H,26,27)/t18-/m1/s1. The first-order valence-corrected chi connectivity index (χ1v) is 11.6. The van der Waals surface area contributed by atoms with Crippen molar-refractivity contribution in [3.8, 4) is 17.1 Å². The van der Waals surface area contributed by atoms with Crippen molar-refractivity contribution in [2.75, 3.05) is 19.7 Å². The second-order valence-electron chi connectivity index (χ2n) is 8.81. The number of rotatable bonds is 8. The Kier molecular flexibility index (Phi) is 7.33. The van der Waals surface area contributed by atoms with E-state index in [4.69, 9.17) is 4.74 Å². The molecule has 4 rings (SSSR count). The predicted molar refractivity (Wildman–Crippen MR) is 117 cm³/mol. The van der Waals surface area contributed by atoms with E-state index in [9.17, 15) is 9.59 Å². The molecule has 0 unspecified atom stereocenters. The second kappa shape index (κ2) is 10.6. The van der Waals surface area contributed by atoms with E-state index in [1.54, 1.807) is 12.4 Å². The number of nitrogens with zero attached hydrogens (tertiary/aromatic N) is 3. The summed E-state index contributed by atoms with van der Waals surface area (Å²) in [4.78, 5) is 31.4. The van der Waals surface area contributed by atoms with Crippen molar-refractivity contribution in [3.05, 3.63) is 30.6 Å². The van der Waals surface area contributed by atoms with E-state index in [1.807, 2.05) is 23.1 Å². The molecule has 1 aliphatic carbocycles. The Morgan fingerprint density at radius 3 is 2.68 bits per heavy atom. The number of aromatic amines is 1. The summed E-state index contributed by atoms with van der Waals surface area (Å²) < 4.78 is 5.94. The lowest BCUT2D eigenvalue weighted by atomic mass is 9.85. The molecule has 3 heterocycles. The largest absolute Gasteiger partial charge is 0.492 e. The van der Waals surface area contributed by atoms with E-state index in [1.165, 1.54) is 6.42 Å². The molecule has 7 heteroatoms. The molecule has 2 aromatic rings. The quantitative estimate of drug-likeness (QED) is 0.691. The maximum Gasteiger partial charge on any atom is 0.223 e. The summed E-state index contributed by atoms with van der Waals surface area (Å²) in [7, 11) is 0. The van der Waals surface area contributed by atoms with Crippen LogP contribution in [0.2, 0.25) is 0 Å². The first kappa shape index (κ1) is 21.5. The normalized spacial score (nSPS) is 19.9. The number of nitrogens with one attached hydrogen (secondary N) is 1. The number of ketones is 1. The fraction of sp³-hybridized carbons (Fsp3) is 0.583. The predicted octanol–water partition coefficient (Wildman–Crippen LogP) is 4.02. The monoisotopic (exact) mass is 424 g/mol. The van der Waals surface area contributed by atoms with E-state index in [0.29, 0.717) is 31.9 Å². The van der Waals surface area contributed by atoms with Gasteiger partial charge in [0.15, 0.2) is 0 Å². The number of carbonyl (C=O) groups is 2. The minimum atomic E-state index is 0.111. The Hall–Kier alpha value is -2.70. The molecule has 1 saturated carbocycles. The first-order chi connectivity index (χ1) is 15.2. The van der Waals surface area contributed by atoms with Crippen LogP contribution >= 0.6 is 0 Å². The van der Waals surface area contributed by atoms with Crippen LogP contribution in [0.3, 0.4) is 0 Å². The Morgan fingerprint density at radius 1 is 1.06 bits per heavy atom. The summed E-state index contributed by atoms with van der Waals surface area (Å²) in [5, 5.41) is 6.83. The van der Waals surface area contributed by atoms with Crippen LogP contribution < -0.4 is 4.74 Å². The molecular weight excluding hydrogens is 392 g/mol. The van der Waals surface area contributed by atoms with Crippen LogP contribution in [-0.2, 0) is 9.59 Å². The van der Waals surface area contributed by atoms with Gasteiger partial charge < -0.3 is 9.64 Å². The Balaban J connectivity index is 1.21. The number of likely N-dealkylation sites (tertiary alicyclic amines) is 1. The number of ether oxygens (including phenoxy) is 1. The fourth-order valence-electron chi connectivity index (χ4n) is 4.68.